The molecule has 1 heterocycles. The van der Waals surface area contributed by atoms with E-state index >= 15 is 0 Å². The standard InChI is InChI=1S/C23H25F3N2O3/c1-31-18-8-5-16(6-9-18)21(29)11-12-22(30)27-19-15-17(23(24,25)26)7-10-20(19)28-13-3-2-4-14-28/h5-10,15H,2-4,11-14H2,1H3,(H,27,30). The maximum Gasteiger partial charge on any atom is 0.416 e. The molecular formula is C23H25F3N2O3. The molecule has 1 fully saturated rings. The number of amides is 1. The third kappa shape index (κ3) is 5.99. The molecule has 1 aliphatic rings. The second kappa shape index (κ2) is 9.85. The maximum absolute atomic E-state index is 13.2. The molecule has 1 N–H and O–H groups in total. The zero-order chi connectivity index (χ0) is 22.4. The fraction of sp³-hybridized carbons (Fsp3) is 0.391. The zero-order valence-corrected chi connectivity index (χ0v) is 17.3. The van der Waals surface area contributed by atoms with Crippen LogP contribution >= 0.6 is 0 Å². The number of carbonyl (C=O) groups is 2. The van der Waals surface area contributed by atoms with E-state index in [1.807, 2.05) is 4.90 Å². The Kier molecular flexibility index (Phi) is 7.20. The van der Waals surface area contributed by atoms with Gasteiger partial charge in [-0.2, -0.15) is 13.2 Å². The van der Waals surface area contributed by atoms with Gasteiger partial charge in [-0.15, -0.1) is 0 Å². The molecule has 0 aromatic heterocycles. The molecule has 2 aromatic rings. The number of hydrogen-bond acceptors (Lipinski definition) is 4. The lowest BCUT2D eigenvalue weighted by Gasteiger charge is -2.31. The van der Waals surface area contributed by atoms with E-state index < -0.39 is 17.6 Å². The molecule has 0 atom stereocenters. The van der Waals surface area contributed by atoms with Crippen LogP contribution in [0.25, 0.3) is 0 Å². The first kappa shape index (κ1) is 22.7. The van der Waals surface area contributed by atoms with Crippen LogP contribution in [-0.2, 0) is 11.0 Å². The fourth-order valence-corrected chi connectivity index (χ4v) is 3.58. The van der Waals surface area contributed by atoms with Crippen molar-refractivity contribution in [1.29, 1.82) is 0 Å². The molecule has 0 radical (unpaired) electrons. The average molecular weight is 434 g/mol. The Bertz CT molecular complexity index is 921. The molecule has 0 saturated carbocycles. The van der Waals surface area contributed by atoms with Gasteiger partial charge in [-0.25, -0.2) is 0 Å². The molecule has 1 aliphatic heterocycles. The average Bonchev–Trinajstić information content (AvgIpc) is 2.77. The van der Waals surface area contributed by atoms with Gasteiger partial charge in [-0.05, 0) is 61.7 Å². The second-order valence-electron chi connectivity index (χ2n) is 7.48. The van der Waals surface area contributed by atoms with Gasteiger partial charge in [0.1, 0.15) is 5.75 Å². The SMILES string of the molecule is COc1ccc(C(=O)CCC(=O)Nc2cc(C(F)(F)F)ccc2N2CCCCC2)cc1. The highest BCUT2D eigenvalue weighted by atomic mass is 19.4. The molecule has 2 aromatic carbocycles. The van der Waals surface area contributed by atoms with E-state index in [1.165, 1.54) is 13.2 Å². The van der Waals surface area contributed by atoms with E-state index in [9.17, 15) is 22.8 Å². The van der Waals surface area contributed by atoms with Crippen molar-refractivity contribution in [2.45, 2.75) is 38.3 Å². The molecule has 166 valence electrons. The molecule has 8 heteroatoms. The number of methoxy groups -OCH3 is 1. The fourth-order valence-electron chi connectivity index (χ4n) is 3.58. The van der Waals surface area contributed by atoms with Crippen LogP contribution in [0.5, 0.6) is 5.75 Å². The molecule has 5 nitrogen and oxygen atoms in total. The lowest BCUT2D eigenvalue weighted by Crippen LogP contribution is -2.30. The highest BCUT2D eigenvalue weighted by Gasteiger charge is 2.32. The summed E-state index contributed by atoms with van der Waals surface area (Å²) in [6, 6.07) is 9.94. The second-order valence-corrected chi connectivity index (χ2v) is 7.48. The van der Waals surface area contributed by atoms with E-state index in [2.05, 4.69) is 5.32 Å². The highest BCUT2D eigenvalue weighted by molar-refractivity contribution is 6.01. The summed E-state index contributed by atoms with van der Waals surface area (Å²) < 4.78 is 44.6. The van der Waals surface area contributed by atoms with E-state index in [4.69, 9.17) is 4.74 Å². The minimum atomic E-state index is -4.51. The van der Waals surface area contributed by atoms with Gasteiger partial charge in [0, 0.05) is 31.5 Å². The molecule has 31 heavy (non-hydrogen) atoms. The van der Waals surface area contributed by atoms with E-state index in [0.717, 1.165) is 44.5 Å². The Morgan fingerprint density at radius 2 is 1.68 bits per heavy atom. The largest absolute Gasteiger partial charge is 0.497 e. The monoisotopic (exact) mass is 434 g/mol. The number of anilines is 2. The smallest absolute Gasteiger partial charge is 0.416 e. The number of ketones is 1. The van der Waals surface area contributed by atoms with Crippen molar-refractivity contribution in [3.63, 3.8) is 0 Å². The Morgan fingerprint density at radius 1 is 1.00 bits per heavy atom. The van der Waals surface area contributed by atoms with Crippen molar-refractivity contribution in [3.05, 3.63) is 53.6 Å². The van der Waals surface area contributed by atoms with Crippen molar-refractivity contribution >= 4 is 23.1 Å². The number of ether oxygens (including phenoxy) is 1. The van der Waals surface area contributed by atoms with Gasteiger partial charge in [0.25, 0.3) is 0 Å². The number of piperidine rings is 1. The summed E-state index contributed by atoms with van der Waals surface area (Å²) in [7, 11) is 1.52. The Morgan fingerprint density at radius 3 is 2.29 bits per heavy atom. The minimum Gasteiger partial charge on any atom is -0.497 e. The summed E-state index contributed by atoms with van der Waals surface area (Å²) in [5.74, 6) is -0.110. The van der Waals surface area contributed by atoms with Gasteiger partial charge in [0.05, 0.1) is 24.0 Å². The van der Waals surface area contributed by atoms with Crippen LogP contribution in [0, 0.1) is 0 Å². The maximum atomic E-state index is 13.2. The molecule has 3 rings (SSSR count). The van der Waals surface area contributed by atoms with Crippen LogP contribution in [0.1, 0.15) is 48.0 Å². The van der Waals surface area contributed by atoms with Crippen LogP contribution in [-0.4, -0.2) is 31.9 Å². The van der Waals surface area contributed by atoms with Gasteiger partial charge in [-0.3, -0.25) is 9.59 Å². The topological polar surface area (TPSA) is 58.6 Å². The lowest BCUT2D eigenvalue weighted by atomic mass is 10.1. The number of benzene rings is 2. The first-order valence-electron chi connectivity index (χ1n) is 10.2. The van der Waals surface area contributed by atoms with Gasteiger partial charge in [0.15, 0.2) is 5.78 Å². The minimum absolute atomic E-state index is 0.0455. The molecule has 0 unspecified atom stereocenters. The summed E-state index contributed by atoms with van der Waals surface area (Å²) in [5, 5.41) is 2.59. The predicted octanol–water partition coefficient (Wildman–Crippen LogP) is 5.31. The number of carbonyl (C=O) groups excluding carboxylic acids is 2. The van der Waals surface area contributed by atoms with Crippen molar-refractivity contribution < 1.29 is 27.5 Å². The van der Waals surface area contributed by atoms with Crippen molar-refractivity contribution in [3.8, 4) is 5.75 Å². The Labute approximate surface area is 179 Å². The molecule has 1 saturated heterocycles. The first-order valence-corrected chi connectivity index (χ1v) is 10.2. The zero-order valence-electron chi connectivity index (χ0n) is 17.3. The molecular weight excluding hydrogens is 409 g/mol. The van der Waals surface area contributed by atoms with E-state index in [-0.39, 0.29) is 24.3 Å². The predicted molar refractivity (Wildman–Crippen MR) is 113 cm³/mol. The van der Waals surface area contributed by atoms with Crippen LogP contribution in [0.15, 0.2) is 42.5 Å². The number of alkyl halides is 3. The summed E-state index contributed by atoms with van der Waals surface area (Å²) in [6.45, 7) is 1.45. The van der Waals surface area contributed by atoms with Crippen LogP contribution in [0.4, 0.5) is 24.5 Å². The van der Waals surface area contributed by atoms with Crippen molar-refractivity contribution in [2.75, 3.05) is 30.4 Å². The van der Waals surface area contributed by atoms with Gasteiger partial charge in [-0.1, -0.05) is 0 Å². The van der Waals surface area contributed by atoms with E-state index in [1.54, 1.807) is 24.3 Å². The van der Waals surface area contributed by atoms with Gasteiger partial charge >= 0.3 is 6.18 Å². The van der Waals surface area contributed by atoms with Crippen molar-refractivity contribution in [1.82, 2.24) is 0 Å². The number of nitrogens with one attached hydrogen (secondary N) is 1. The number of Topliss-reactive ketones (excluding diaryl/α,β-unsaturated/α-hetero) is 1. The number of halogens is 3. The molecule has 1 amide bonds. The normalized spacial score (nSPS) is 14.3. The number of rotatable bonds is 7. The Hall–Kier alpha value is -3.03. The lowest BCUT2D eigenvalue weighted by molar-refractivity contribution is -0.137. The Balaban J connectivity index is 1.70. The van der Waals surface area contributed by atoms with Crippen LogP contribution < -0.4 is 15.0 Å². The third-order valence-electron chi connectivity index (χ3n) is 5.29. The molecule has 0 spiro atoms. The van der Waals surface area contributed by atoms with Crippen LogP contribution in [0.3, 0.4) is 0 Å². The van der Waals surface area contributed by atoms with Crippen LogP contribution in [0.2, 0.25) is 0 Å². The van der Waals surface area contributed by atoms with E-state index in [0.29, 0.717) is 17.0 Å². The summed E-state index contributed by atoms with van der Waals surface area (Å²) in [5.41, 5.74) is 0.320. The van der Waals surface area contributed by atoms with Gasteiger partial charge < -0.3 is 15.0 Å². The summed E-state index contributed by atoms with van der Waals surface area (Å²) >= 11 is 0. The first-order chi connectivity index (χ1) is 14.8. The van der Waals surface area contributed by atoms with Crippen molar-refractivity contribution in [2.24, 2.45) is 0 Å². The highest BCUT2D eigenvalue weighted by Crippen LogP contribution is 2.36. The number of hydrogen-bond donors (Lipinski definition) is 1. The quantitative estimate of drug-likeness (QED) is 0.601. The summed E-state index contributed by atoms with van der Waals surface area (Å²) in [4.78, 5) is 26.8. The molecule has 0 aliphatic carbocycles. The third-order valence-corrected chi connectivity index (χ3v) is 5.29. The number of nitrogens with zero attached hydrogens (tertiary/aromatic N) is 1. The van der Waals surface area contributed by atoms with Gasteiger partial charge in [0.2, 0.25) is 5.91 Å². The summed E-state index contributed by atoms with van der Waals surface area (Å²) in [6.07, 6.45) is -1.71. The molecule has 0 bridgehead atoms.